The summed E-state index contributed by atoms with van der Waals surface area (Å²) in [6.07, 6.45) is 0. The summed E-state index contributed by atoms with van der Waals surface area (Å²) < 4.78 is 3.56. The van der Waals surface area contributed by atoms with E-state index in [0.29, 0.717) is 4.88 Å². The van der Waals surface area contributed by atoms with Gasteiger partial charge in [-0.15, -0.1) is 5.10 Å². The van der Waals surface area contributed by atoms with Gasteiger partial charge in [0, 0.05) is 0 Å². The van der Waals surface area contributed by atoms with E-state index in [1.165, 1.54) is 0 Å². The Labute approximate surface area is 50.7 Å². The summed E-state index contributed by atoms with van der Waals surface area (Å²) in [5, 5.41) is 11.9. The smallest absolute Gasteiger partial charge is 0.148 e. The van der Waals surface area contributed by atoms with Crippen LogP contribution in [0, 0.1) is 18.3 Å². The first-order valence-corrected chi connectivity index (χ1v) is 2.81. The topological polar surface area (TPSA) is 49.6 Å². The van der Waals surface area contributed by atoms with E-state index >= 15 is 0 Å². The molecule has 0 saturated heterocycles. The second kappa shape index (κ2) is 1.88. The van der Waals surface area contributed by atoms with Crippen LogP contribution in [0.1, 0.15) is 10.6 Å². The third-order valence-corrected chi connectivity index (χ3v) is 1.49. The van der Waals surface area contributed by atoms with Gasteiger partial charge >= 0.3 is 0 Å². The van der Waals surface area contributed by atoms with E-state index in [4.69, 9.17) is 5.26 Å². The van der Waals surface area contributed by atoms with Crippen LogP contribution in [-0.4, -0.2) is 9.59 Å². The Morgan fingerprint density at radius 3 is 2.75 bits per heavy atom. The van der Waals surface area contributed by atoms with Crippen LogP contribution < -0.4 is 0 Å². The molecule has 40 valence electrons. The van der Waals surface area contributed by atoms with Gasteiger partial charge in [-0.3, -0.25) is 0 Å². The van der Waals surface area contributed by atoms with Crippen molar-refractivity contribution in [3.63, 3.8) is 0 Å². The summed E-state index contributed by atoms with van der Waals surface area (Å²) in [5.74, 6) is 0. The van der Waals surface area contributed by atoms with Gasteiger partial charge in [-0.05, 0) is 18.5 Å². The summed E-state index contributed by atoms with van der Waals surface area (Å²) >= 11 is 1.13. The van der Waals surface area contributed by atoms with Gasteiger partial charge in [-0.2, -0.15) is 5.26 Å². The lowest BCUT2D eigenvalue weighted by atomic mass is 10.4. The molecule has 1 aromatic heterocycles. The Morgan fingerprint density at radius 2 is 2.50 bits per heavy atom. The molecule has 0 aliphatic heterocycles. The van der Waals surface area contributed by atoms with Crippen molar-refractivity contribution in [2.75, 3.05) is 0 Å². The van der Waals surface area contributed by atoms with Crippen LogP contribution in [0.25, 0.3) is 0 Å². The summed E-state index contributed by atoms with van der Waals surface area (Å²) in [4.78, 5) is 0.602. The van der Waals surface area contributed by atoms with Crippen LogP contribution in [0.15, 0.2) is 0 Å². The van der Waals surface area contributed by atoms with Crippen molar-refractivity contribution in [3.05, 3.63) is 10.6 Å². The molecule has 0 aliphatic carbocycles. The van der Waals surface area contributed by atoms with Crippen molar-refractivity contribution in [1.82, 2.24) is 9.59 Å². The zero-order valence-corrected chi connectivity index (χ0v) is 5.07. The molecular formula is C4H3N3S. The summed E-state index contributed by atoms with van der Waals surface area (Å²) in [5.41, 5.74) is 0.720. The maximum absolute atomic E-state index is 8.29. The number of nitriles is 1. The van der Waals surface area contributed by atoms with Crippen molar-refractivity contribution < 1.29 is 0 Å². The SMILES string of the molecule is Cc1nnsc1C#N. The highest BCUT2D eigenvalue weighted by atomic mass is 32.1. The highest BCUT2D eigenvalue weighted by Crippen LogP contribution is 2.04. The van der Waals surface area contributed by atoms with Crippen LogP contribution in [-0.2, 0) is 0 Å². The Balaban J connectivity index is 3.15. The molecule has 0 aliphatic rings. The van der Waals surface area contributed by atoms with E-state index in [-0.39, 0.29) is 0 Å². The largest absolute Gasteiger partial charge is 0.191 e. The predicted molar refractivity (Wildman–Crippen MR) is 29.4 cm³/mol. The minimum absolute atomic E-state index is 0.602. The first-order chi connectivity index (χ1) is 3.84. The molecule has 1 heterocycles. The quantitative estimate of drug-likeness (QED) is 0.513. The zero-order valence-electron chi connectivity index (χ0n) is 4.25. The second-order valence-corrected chi connectivity index (χ2v) is 2.05. The first-order valence-electron chi connectivity index (χ1n) is 2.03. The van der Waals surface area contributed by atoms with E-state index in [9.17, 15) is 0 Å². The molecule has 4 heteroatoms. The third-order valence-electron chi connectivity index (χ3n) is 0.753. The van der Waals surface area contributed by atoms with E-state index in [1.807, 2.05) is 6.07 Å². The Bertz CT molecular complexity index is 221. The predicted octanol–water partition coefficient (Wildman–Crippen LogP) is 0.718. The van der Waals surface area contributed by atoms with Crippen molar-refractivity contribution >= 4 is 11.5 Å². The second-order valence-electron chi connectivity index (χ2n) is 1.30. The molecule has 0 radical (unpaired) electrons. The molecule has 3 nitrogen and oxygen atoms in total. The molecule has 0 N–H and O–H groups in total. The molecule has 0 atom stereocenters. The van der Waals surface area contributed by atoms with Crippen molar-refractivity contribution in [2.45, 2.75) is 6.92 Å². The van der Waals surface area contributed by atoms with Crippen LogP contribution >= 0.6 is 11.5 Å². The first kappa shape index (κ1) is 5.19. The fourth-order valence-electron chi connectivity index (χ4n) is 0.335. The average Bonchev–Trinajstić information content (AvgIpc) is 2.14. The van der Waals surface area contributed by atoms with Gasteiger partial charge in [-0.1, -0.05) is 4.49 Å². The lowest BCUT2D eigenvalue weighted by Gasteiger charge is -1.71. The minimum atomic E-state index is 0.602. The van der Waals surface area contributed by atoms with Gasteiger partial charge in [0.05, 0.1) is 5.69 Å². The molecule has 0 aromatic carbocycles. The van der Waals surface area contributed by atoms with Gasteiger partial charge in [0.1, 0.15) is 10.9 Å². The number of hydrogen-bond donors (Lipinski definition) is 0. The third kappa shape index (κ3) is 0.678. The molecule has 0 spiro atoms. The standard InChI is InChI=1S/C4H3N3S/c1-3-4(2-5)8-7-6-3/h1H3. The molecule has 0 amide bonds. The van der Waals surface area contributed by atoms with Gasteiger partial charge in [0.25, 0.3) is 0 Å². The zero-order chi connectivity index (χ0) is 5.98. The van der Waals surface area contributed by atoms with Crippen molar-refractivity contribution in [2.24, 2.45) is 0 Å². The maximum atomic E-state index is 8.29. The van der Waals surface area contributed by atoms with E-state index in [0.717, 1.165) is 17.2 Å². The Kier molecular flexibility index (Phi) is 1.22. The van der Waals surface area contributed by atoms with Crippen LogP contribution in [0.2, 0.25) is 0 Å². The van der Waals surface area contributed by atoms with Gasteiger partial charge in [0.15, 0.2) is 0 Å². The fraction of sp³-hybridized carbons (Fsp3) is 0.250. The van der Waals surface area contributed by atoms with Crippen molar-refractivity contribution in [1.29, 1.82) is 5.26 Å². The van der Waals surface area contributed by atoms with Crippen molar-refractivity contribution in [3.8, 4) is 6.07 Å². The molecule has 8 heavy (non-hydrogen) atoms. The van der Waals surface area contributed by atoms with E-state index in [2.05, 4.69) is 9.59 Å². The summed E-state index contributed by atoms with van der Waals surface area (Å²) in [6.45, 7) is 1.77. The highest BCUT2D eigenvalue weighted by molar-refractivity contribution is 7.06. The summed E-state index contributed by atoms with van der Waals surface area (Å²) in [7, 11) is 0. The summed E-state index contributed by atoms with van der Waals surface area (Å²) in [6, 6.07) is 1.97. The maximum Gasteiger partial charge on any atom is 0.148 e. The molecule has 1 rings (SSSR count). The van der Waals surface area contributed by atoms with Crippen LogP contribution in [0.4, 0.5) is 0 Å². The molecule has 0 unspecified atom stereocenters. The number of aromatic nitrogens is 2. The van der Waals surface area contributed by atoms with Crippen LogP contribution in [0.3, 0.4) is 0 Å². The molecule has 0 fully saturated rings. The van der Waals surface area contributed by atoms with Gasteiger partial charge in [-0.25, -0.2) is 0 Å². The number of nitrogens with zero attached hydrogens (tertiary/aromatic N) is 3. The van der Waals surface area contributed by atoms with E-state index < -0.39 is 0 Å². The molecule has 0 saturated carbocycles. The fourth-order valence-corrected chi connectivity index (χ4v) is 0.794. The molecular weight excluding hydrogens is 122 g/mol. The molecule has 1 aromatic rings. The Hall–Kier alpha value is -0.950. The lowest BCUT2D eigenvalue weighted by molar-refractivity contribution is 1.08. The number of rotatable bonds is 0. The monoisotopic (exact) mass is 125 g/mol. The van der Waals surface area contributed by atoms with Gasteiger partial charge in [0.2, 0.25) is 0 Å². The Morgan fingerprint density at radius 1 is 1.75 bits per heavy atom. The highest BCUT2D eigenvalue weighted by Gasteiger charge is 1.97. The lowest BCUT2D eigenvalue weighted by Crippen LogP contribution is -1.72. The van der Waals surface area contributed by atoms with E-state index in [1.54, 1.807) is 6.92 Å². The minimum Gasteiger partial charge on any atom is -0.191 e. The number of aryl methyl sites for hydroxylation is 1. The molecule has 0 bridgehead atoms. The number of hydrogen-bond acceptors (Lipinski definition) is 4. The average molecular weight is 125 g/mol. The van der Waals surface area contributed by atoms with Crippen LogP contribution in [0.5, 0.6) is 0 Å². The van der Waals surface area contributed by atoms with Gasteiger partial charge < -0.3 is 0 Å². The normalized spacial score (nSPS) is 8.50.